The molecule has 0 saturated carbocycles. The Hall–Kier alpha value is -1.84. The number of carboxylic acids is 1. The molecular weight excluding hydrogens is 254 g/mol. The van der Waals surface area contributed by atoms with E-state index in [-0.39, 0.29) is 5.91 Å². The third-order valence-corrected chi connectivity index (χ3v) is 3.67. The van der Waals surface area contributed by atoms with Crippen molar-refractivity contribution in [1.29, 1.82) is 0 Å². The molecule has 0 aliphatic heterocycles. The molecule has 0 aliphatic carbocycles. The predicted octanol–water partition coefficient (Wildman–Crippen LogP) is 2.55. The first kappa shape index (κ1) is 16.2. The van der Waals surface area contributed by atoms with Gasteiger partial charge in [-0.05, 0) is 37.3 Å². The van der Waals surface area contributed by atoms with Gasteiger partial charge in [-0.2, -0.15) is 0 Å². The van der Waals surface area contributed by atoms with Crippen molar-refractivity contribution in [3.8, 4) is 0 Å². The fourth-order valence-corrected chi connectivity index (χ4v) is 1.86. The zero-order chi connectivity index (χ0) is 15.2. The number of nitrogens with one attached hydrogen (secondary N) is 1. The summed E-state index contributed by atoms with van der Waals surface area (Å²) in [7, 11) is 0. The summed E-state index contributed by atoms with van der Waals surface area (Å²) < 4.78 is 0. The molecule has 1 aromatic carbocycles. The van der Waals surface area contributed by atoms with Crippen LogP contribution in [0.5, 0.6) is 0 Å². The second-order valence-corrected chi connectivity index (χ2v) is 5.21. The maximum atomic E-state index is 11.8. The largest absolute Gasteiger partial charge is 0.480 e. The lowest BCUT2D eigenvalue weighted by Crippen LogP contribution is -2.51. The molecule has 0 saturated heterocycles. The van der Waals surface area contributed by atoms with Gasteiger partial charge in [-0.25, -0.2) is 4.79 Å². The molecule has 0 spiro atoms. The maximum absolute atomic E-state index is 11.8. The highest BCUT2D eigenvalue weighted by Gasteiger charge is 2.32. The van der Waals surface area contributed by atoms with Gasteiger partial charge in [0.05, 0.1) is 0 Å². The van der Waals surface area contributed by atoms with E-state index in [1.807, 2.05) is 12.1 Å². The van der Waals surface area contributed by atoms with Gasteiger partial charge in [-0.15, -0.1) is 0 Å². The summed E-state index contributed by atoms with van der Waals surface area (Å²) in [6.07, 6.45) is 2.27. The zero-order valence-electron chi connectivity index (χ0n) is 12.4. The van der Waals surface area contributed by atoms with E-state index in [0.717, 1.165) is 12.0 Å². The van der Waals surface area contributed by atoms with E-state index in [9.17, 15) is 9.59 Å². The number of rotatable bonds is 7. The van der Waals surface area contributed by atoms with Crippen LogP contribution in [-0.2, 0) is 22.4 Å². The van der Waals surface area contributed by atoms with Crippen LogP contribution in [-0.4, -0.2) is 22.5 Å². The third-order valence-electron chi connectivity index (χ3n) is 3.67. The Labute approximate surface area is 120 Å². The normalized spacial score (nSPS) is 13.6. The molecule has 0 bridgehead atoms. The minimum absolute atomic E-state index is 0.226. The Morgan fingerprint density at radius 1 is 1.15 bits per heavy atom. The molecule has 1 atom stereocenters. The van der Waals surface area contributed by atoms with Crippen LogP contribution >= 0.6 is 0 Å². The van der Waals surface area contributed by atoms with Gasteiger partial charge in [-0.1, -0.05) is 38.1 Å². The summed E-state index contributed by atoms with van der Waals surface area (Å²) in [4.78, 5) is 23.0. The monoisotopic (exact) mass is 277 g/mol. The minimum Gasteiger partial charge on any atom is -0.480 e. The predicted molar refractivity (Wildman–Crippen MR) is 78.6 cm³/mol. The van der Waals surface area contributed by atoms with Crippen LogP contribution in [0.1, 0.15) is 44.7 Å². The SMILES string of the molecule is CCc1ccc(CCC(=O)NC(C)(CC)C(=O)O)cc1. The number of aliphatic carboxylic acids is 1. The average Bonchev–Trinajstić information content (AvgIpc) is 2.45. The van der Waals surface area contributed by atoms with Gasteiger partial charge in [0.15, 0.2) is 0 Å². The zero-order valence-corrected chi connectivity index (χ0v) is 12.4. The van der Waals surface area contributed by atoms with Crippen LogP contribution in [0, 0.1) is 0 Å². The van der Waals surface area contributed by atoms with E-state index in [0.29, 0.717) is 19.3 Å². The maximum Gasteiger partial charge on any atom is 0.329 e. The Kier molecular flexibility index (Phi) is 5.74. The molecule has 0 aromatic heterocycles. The molecule has 1 aromatic rings. The molecule has 1 unspecified atom stereocenters. The molecule has 4 nitrogen and oxygen atoms in total. The summed E-state index contributed by atoms with van der Waals surface area (Å²) in [6.45, 7) is 5.38. The molecule has 4 heteroatoms. The molecular formula is C16H23NO3. The van der Waals surface area contributed by atoms with Crippen molar-refractivity contribution in [2.75, 3.05) is 0 Å². The standard InChI is InChI=1S/C16H23NO3/c1-4-12-6-8-13(9-7-12)10-11-14(18)17-16(3,5-2)15(19)20/h6-9H,4-5,10-11H2,1-3H3,(H,17,18)(H,19,20). The van der Waals surface area contributed by atoms with Gasteiger partial charge in [0, 0.05) is 6.42 Å². The van der Waals surface area contributed by atoms with Crippen molar-refractivity contribution >= 4 is 11.9 Å². The van der Waals surface area contributed by atoms with Gasteiger partial charge in [0.2, 0.25) is 5.91 Å². The van der Waals surface area contributed by atoms with Crippen molar-refractivity contribution in [3.05, 3.63) is 35.4 Å². The molecule has 1 rings (SSSR count). The van der Waals surface area contributed by atoms with Gasteiger partial charge < -0.3 is 10.4 Å². The summed E-state index contributed by atoms with van der Waals surface area (Å²) in [6, 6.07) is 8.14. The van der Waals surface area contributed by atoms with Gasteiger partial charge in [0.25, 0.3) is 0 Å². The van der Waals surface area contributed by atoms with Gasteiger partial charge in [-0.3, -0.25) is 4.79 Å². The molecule has 2 N–H and O–H groups in total. The van der Waals surface area contributed by atoms with Crippen molar-refractivity contribution < 1.29 is 14.7 Å². The first-order valence-corrected chi connectivity index (χ1v) is 7.03. The lowest BCUT2D eigenvalue weighted by atomic mass is 9.98. The molecule has 1 amide bonds. The molecule has 0 radical (unpaired) electrons. The third kappa shape index (κ3) is 4.37. The van der Waals surface area contributed by atoms with Crippen LogP contribution in [0.3, 0.4) is 0 Å². The minimum atomic E-state index is -1.18. The van der Waals surface area contributed by atoms with Gasteiger partial charge in [0.1, 0.15) is 5.54 Å². The number of carbonyl (C=O) groups excluding carboxylic acids is 1. The summed E-state index contributed by atoms with van der Waals surface area (Å²) in [5, 5.41) is 11.7. The Morgan fingerprint density at radius 3 is 2.15 bits per heavy atom. The van der Waals surface area contributed by atoms with E-state index >= 15 is 0 Å². The lowest BCUT2D eigenvalue weighted by Gasteiger charge is -2.24. The second kappa shape index (κ2) is 7.08. The van der Waals surface area contributed by atoms with E-state index < -0.39 is 11.5 Å². The van der Waals surface area contributed by atoms with Crippen molar-refractivity contribution in [3.63, 3.8) is 0 Å². The summed E-state index contributed by atoms with van der Waals surface area (Å²) >= 11 is 0. The number of carboxylic acid groups (broad SMARTS) is 1. The average molecular weight is 277 g/mol. The van der Waals surface area contributed by atoms with Crippen LogP contribution in [0.15, 0.2) is 24.3 Å². The van der Waals surface area contributed by atoms with Crippen LogP contribution in [0.2, 0.25) is 0 Å². The fourth-order valence-electron chi connectivity index (χ4n) is 1.86. The number of aryl methyl sites for hydroxylation is 2. The Morgan fingerprint density at radius 2 is 1.70 bits per heavy atom. The summed E-state index contributed by atoms with van der Waals surface area (Å²) in [5.41, 5.74) is 1.18. The number of hydrogen-bond donors (Lipinski definition) is 2. The Bertz CT molecular complexity index is 467. The summed E-state index contributed by atoms with van der Waals surface area (Å²) in [5.74, 6) is -1.23. The highest BCUT2D eigenvalue weighted by Crippen LogP contribution is 2.11. The van der Waals surface area contributed by atoms with Crippen molar-refractivity contribution in [1.82, 2.24) is 5.32 Å². The quantitative estimate of drug-likeness (QED) is 0.805. The number of benzene rings is 1. The van der Waals surface area contributed by atoms with Crippen LogP contribution in [0.4, 0.5) is 0 Å². The molecule has 0 heterocycles. The molecule has 0 aliphatic rings. The number of amides is 1. The number of carbonyl (C=O) groups is 2. The molecule has 110 valence electrons. The van der Waals surface area contributed by atoms with Crippen molar-refractivity contribution in [2.45, 2.75) is 52.0 Å². The Balaban J connectivity index is 2.52. The molecule has 20 heavy (non-hydrogen) atoms. The van der Waals surface area contributed by atoms with Gasteiger partial charge >= 0.3 is 5.97 Å². The highest BCUT2D eigenvalue weighted by atomic mass is 16.4. The first-order valence-electron chi connectivity index (χ1n) is 7.03. The molecule has 0 fully saturated rings. The van der Waals surface area contributed by atoms with Crippen molar-refractivity contribution in [2.24, 2.45) is 0 Å². The number of hydrogen-bond acceptors (Lipinski definition) is 2. The topological polar surface area (TPSA) is 66.4 Å². The first-order chi connectivity index (χ1) is 9.41. The van der Waals surface area contributed by atoms with Crippen LogP contribution in [0.25, 0.3) is 0 Å². The van der Waals surface area contributed by atoms with Crippen LogP contribution < -0.4 is 5.32 Å². The highest BCUT2D eigenvalue weighted by molar-refractivity contribution is 5.86. The van der Waals surface area contributed by atoms with E-state index in [1.54, 1.807) is 6.92 Å². The van der Waals surface area contributed by atoms with E-state index in [4.69, 9.17) is 5.11 Å². The van der Waals surface area contributed by atoms with E-state index in [2.05, 4.69) is 24.4 Å². The smallest absolute Gasteiger partial charge is 0.329 e. The second-order valence-electron chi connectivity index (χ2n) is 5.21. The lowest BCUT2D eigenvalue weighted by molar-refractivity contribution is -0.147. The van der Waals surface area contributed by atoms with E-state index in [1.165, 1.54) is 12.5 Å². The fraction of sp³-hybridized carbons (Fsp3) is 0.500.